The Balaban J connectivity index is 2.03. The molecule has 3 aromatic rings. The molecule has 0 radical (unpaired) electrons. The lowest BCUT2D eigenvalue weighted by Gasteiger charge is -2.14. The summed E-state index contributed by atoms with van der Waals surface area (Å²) in [7, 11) is 0. The standard InChI is InChI=1S/C21H20N2O2/c1-14(2)16-10-6-7-11-18(16)23-21(25)19-17(12-13-22-20(19)24)15-8-4-3-5-9-15/h3-14H,1-2H3,(H,22,24)(H,23,25). The average Bonchev–Trinajstić information content (AvgIpc) is 2.62. The minimum absolute atomic E-state index is 0.118. The van der Waals surface area contributed by atoms with Crippen LogP contribution in [0.3, 0.4) is 0 Å². The van der Waals surface area contributed by atoms with Crippen molar-refractivity contribution in [3.05, 3.63) is 88.3 Å². The molecule has 3 rings (SSSR count). The van der Waals surface area contributed by atoms with E-state index in [4.69, 9.17) is 0 Å². The van der Waals surface area contributed by atoms with Crippen molar-refractivity contribution < 1.29 is 4.79 Å². The van der Waals surface area contributed by atoms with Gasteiger partial charge in [-0.15, -0.1) is 0 Å². The zero-order valence-electron chi connectivity index (χ0n) is 14.2. The Labute approximate surface area is 146 Å². The molecule has 0 aliphatic heterocycles. The molecule has 4 heteroatoms. The van der Waals surface area contributed by atoms with E-state index in [1.165, 1.54) is 0 Å². The van der Waals surface area contributed by atoms with Crippen molar-refractivity contribution in [2.75, 3.05) is 5.32 Å². The van der Waals surface area contributed by atoms with Gasteiger partial charge in [-0.25, -0.2) is 0 Å². The van der Waals surface area contributed by atoms with Crippen molar-refractivity contribution in [3.63, 3.8) is 0 Å². The zero-order valence-corrected chi connectivity index (χ0v) is 14.2. The van der Waals surface area contributed by atoms with Gasteiger partial charge in [-0.2, -0.15) is 0 Å². The smallest absolute Gasteiger partial charge is 0.261 e. The summed E-state index contributed by atoms with van der Waals surface area (Å²) in [6.07, 6.45) is 1.56. The predicted molar refractivity (Wildman–Crippen MR) is 101 cm³/mol. The number of anilines is 1. The SMILES string of the molecule is CC(C)c1ccccc1NC(=O)c1c(-c2ccccc2)cc[nH]c1=O. The van der Waals surface area contributed by atoms with E-state index in [1.54, 1.807) is 12.3 Å². The molecule has 0 spiro atoms. The molecule has 4 nitrogen and oxygen atoms in total. The third-order valence-corrected chi connectivity index (χ3v) is 4.10. The van der Waals surface area contributed by atoms with E-state index >= 15 is 0 Å². The van der Waals surface area contributed by atoms with Gasteiger partial charge in [-0.05, 0) is 29.2 Å². The van der Waals surface area contributed by atoms with Crippen LogP contribution in [0.25, 0.3) is 11.1 Å². The van der Waals surface area contributed by atoms with Crippen molar-refractivity contribution >= 4 is 11.6 Å². The quantitative estimate of drug-likeness (QED) is 0.743. The van der Waals surface area contributed by atoms with E-state index in [9.17, 15) is 9.59 Å². The summed E-state index contributed by atoms with van der Waals surface area (Å²) in [5, 5.41) is 2.90. The maximum atomic E-state index is 12.9. The highest BCUT2D eigenvalue weighted by Crippen LogP contribution is 2.26. The average molecular weight is 332 g/mol. The second-order valence-corrected chi connectivity index (χ2v) is 6.16. The number of pyridine rings is 1. The number of aromatic amines is 1. The predicted octanol–water partition coefficient (Wildman–Crippen LogP) is 4.42. The molecule has 0 saturated heterocycles. The fourth-order valence-electron chi connectivity index (χ4n) is 2.86. The molecule has 2 aromatic carbocycles. The lowest BCUT2D eigenvalue weighted by molar-refractivity contribution is 0.102. The molecule has 25 heavy (non-hydrogen) atoms. The molecule has 0 aliphatic carbocycles. The van der Waals surface area contributed by atoms with Crippen molar-refractivity contribution in [3.8, 4) is 11.1 Å². The van der Waals surface area contributed by atoms with Gasteiger partial charge in [0.2, 0.25) is 0 Å². The molecule has 0 fully saturated rings. The van der Waals surface area contributed by atoms with Crippen LogP contribution < -0.4 is 10.9 Å². The first-order valence-electron chi connectivity index (χ1n) is 8.25. The largest absolute Gasteiger partial charge is 0.328 e. The second kappa shape index (κ2) is 7.18. The summed E-state index contributed by atoms with van der Waals surface area (Å²) in [5.74, 6) is -0.145. The van der Waals surface area contributed by atoms with Gasteiger partial charge in [0.25, 0.3) is 11.5 Å². The first-order chi connectivity index (χ1) is 12.1. The number of aromatic nitrogens is 1. The van der Waals surface area contributed by atoms with E-state index in [-0.39, 0.29) is 11.5 Å². The number of amides is 1. The topological polar surface area (TPSA) is 62.0 Å². The van der Waals surface area contributed by atoms with Crippen LogP contribution in [0.5, 0.6) is 0 Å². The van der Waals surface area contributed by atoms with Crippen LogP contribution in [0.15, 0.2) is 71.7 Å². The van der Waals surface area contributed by atoms with E-state index in [0.717, 1.165) is 16.8 Å². The van der Waals surface area contributed by atoms with Gasteiger partial charge in [0.05, 0.1) is 0 Å². The Morgan fingerprint density at radius 3 is 2.36 bits per heavy atom. The summed E-state index contributed by atoms with van der Waals surface area (Å²) < 4.78 is 0. The molecule has 0 bridgehead atoms. The third-order valence-electron chi connectivity index (χ3n) is 4.10. The lowest BCUT2D eigenvalue weighted by atomic mass is 9.99. The van der Waals surface area contributed by atoms with Gasteiger partial charge in [0.15, 0.2) is 0 Å². The van der Waals surface area contributed by atoms with Crippen LogP contribution in [0.2, 0.25) is 0 Å². The lowest BCUT2D eigenvalue weighted by Crippen LogP contribution is -2.24. The van der Waals surface area contributed by atoms with Gasteiger partial charge >= 0.3 is 0 Å². The molecule has 1 amide bonds. The van der Waals surface area contributed by atoms with Crippen LogP contribution in [0.4, 0.5) is 5.69 Å². The molecule has 1 heterocycles. The minimum Gasteiger partial charge on any atom is -0.328 e. The molecule has 0 aliphatic rings. The van der Waals surface area contributed by atoms with Gasteiger partial charge in [-0.3, -0.25) is 9.59 Å². The third kappa shape index (κ3) is 3.53. The Bertz CT molecular complexity index is 943. The van der Waals surface area contributed by atoms with Crippen LogP contribution in [-0.4, -0.2) is 10.9 Å². The fourth-order valence-corrected chi connectivity index (χ4v) is 2.86. The van der Waals surface area contributed by atoms with Gasteiger partial charge < -0.3 is 10.3 Å². The van der Waals surface area contributed by atoms with Gasteiger partial charge in [0.1, 0.15) is 5.56 Å². The number of hydrogen-bond donors (Lipinski definition) is 2. The Kier molecular flexibility index (Phi) is 4.80. The Hall–Kier alpha value is -3.14. The van der Waals surface area contributed by atoms with Crippen molar-refractivity contribution in [2.24, 2.45) is 0 Å². The van der Waals surface area contributed by atoms with Crippen molar-refractivity contribution in [1.82, 2.24) is 4.98 Å². The number of rotatable bonds is 4. The summed E-state index contributed by atoms with van der Waals surface area (Å²) in [6, 6.07) is 18.8. The number of para-hydroxylation sites is 1. The second-order valence-electron chi connectivity index (χ2n) is 6.16. The van der Waals surface area contributed by atoms with Crippen LogP contribution in [0.1, 0.15) is 35.7 Å². The first-order valence-corrected chi connectivity index (χ1v) is 8.25. The molecule has 126 valence electrons. The van der Waals surface area contributed by atoms with Crippen molar-refractivity contribution in [2.45, 2.75) is 19.8 Å². The van der Waals surface area contributed by atoms with E-state index in [0.29, 0.717) is 5.56 Å². The summed E-state index contributed by atoms with van der Waals surface area (Å²) in [6.45, 7) is 4.13. The normalized spacial score (nSPS) is 10.7. The zero-order chi connectivity index (χ0) is 17.8. The highest BCUT2D eigenvalue weighted by atomic mass is 16.2. The highest BCUT2D eigenvalue weighted by Gasteiger charge is 2.18. The fraction of sp³-hybridized carbons (Fsp3) is 0.143. The number of benzene rings is 2. The minimum atomic E-state index is -0.409. The molecule has 0 saturated carbocycles. The molecule has 0 unspecified atom stereocenters. The van der Waals surface area contributed by atoms with E-state index < -0.39 is 11.5 Å². The number of carbonyl (C=O) groups excluding carboxylic acids is 1. The monoisotopic (exact) mass is 332 g/mol. The molecule has 2 N–H and O–H groups in total. The van der Waals surface area contributed by atoms with Gasteiger partial charge in [0, 0.05) is 17.4 Å². The number of nitrogens with one attached hydrogen (secondary N) is 2. The number of H-pyrrole nitrogens is 1. The Morgan fingerprint density at radius 2 is 1.64 bits per heavy atom. The molecule has 0 atom stereocenters. The highest BCUT2D eigenvalue weighted by molar-refractivity contribution is 6.08. The molecular weight excluding hydrogens is 312 g/mol. The number of hydrogen-bond acceptors (Lipinski definition) is 2. The molecular formula is C21H20N2O2. The van der Waals surface area contributed by atoms with Crippen LogP contribution >= 0.6 is 0 Å². The summed E-state index contributed by atoms with van der Waals surface area (Å²) in [5.41, 5.74) is 2.92. The van der Waals surface area contributed by atoms with E-state index in [1.807, 2.05) is 54.6 Å². The first kappa shape index (κ1) is 16.7. The summed E-state index contributed by atoms with van der Waals surface area (Å²) in [4.78, 5) is 27.8. The van der Waals surface area contributed by atoms with Crippen LogP contribution in [-0.2, 0) is 0 Å². The maximum absolute atomic E-state index is 12.9. The molecule has 1 aromatic heterocycles. The Morgan fingerprint density at radius 1 is 0.960 bits per heavy atom. The maximum Gasteiger partial charge on any atom is 0.261 e. The van der Waals surface area contributed by atoms with Crippen molar-refractivity contribution in [1.29, 1.82) is 0 Å². The van der Waals surface area contributed by atoms with Crippen LogP contribution in [0, 0.1) is 0 Å². The summed E-state index contributed by atoms with van der Waals surface area (Å²) >= 11 is 0. The number of carbonyl (C=O) groups is 1. The van der Waals surface area contributed by atoms with E-state index in [2.05, 4.69) is 24.1 Å². The van der Waals surface area contributed by atoms with Gasteiger partial charge in [-0.1, -0.05) is 62.4 Å².